The molecule has 1 N–H and O–H groups in total. The summed E-state index contributed by atoms with van der Waals surface area (Å²) in [6.07, 6.45) is 2.82. The van der Waals surface area contributed by atoms with Gasteiger partial charge in [-0.3, -0.25) is 0 Å². The summed E-state index contributed by atoms with van der Waals surface area (Å²) >= 11 is 0. The normalized spacial score (nSPS) is 33.2. The second-order valence-electron chi connectivity index (χ2n) is 6.33. The Kier molecular flexibility index (Phi) is 4.83. The van der Waals surface area contributed by atoms with Crippen molar-refractivity contribution in [1.29, 1.82) is 0 Å². The summed E-state index contributed by atoms with van der Waals surface area (Å²) in [6.45, 7) is 12.2. The zero-order valence-electron chi connectivity index (χ0n) is 11.8. The van der Waals surface area contributed by atoms with Crippen LogP contribution in [0.15, 0.2) is 0 Å². The monoisotopic (exact) mass is 239 g/mol. The molecule has 0 amide bonds. The van der Waals surface area contributed by atoms with Crippen LogP contribution >= 0.6 is 0 Å². The van der Waals surface area contributed by atoms with E-state index < -0.39 is 0 Å². The van der Waals surface area contributed by atoms with Crippen molar-refractivity contribution in [1.82, 2.24) is 15.1 Å². The maximum Gasteiger partial charge on any atom is 0.0218 e. The molecule has 2 saturated heterocycles. The molecule has 0 bridgehead atoms. The molecule has 2 rings (SSSR count). The number of piperidine rings is 1. The molecule has 3 heteroatoms. The van der Waals surface area contributed by atoms with E-state index in [-0.39, 0.29) is 0 Å². The van der Waals surface area contributed by atoms with E-state index in [4.69, 9.17) is 0 Å². The molecule has 0 radical (unpaired) electrons. The lowest BCUT2D eigenvalue weighted by molar-refractivity contribution is 0.118. The Morgan fingerprint density at radius 2 is 2.06 bits per heavy atom. The zero-order chi connectivity index (χ0) is 12.3. The maximum absolute atomic E-state index is 3.64. The quantitative estimate of drug-likeness (QED) is 0.800. The minimum atomic E-state index is 0.699. The first kappa shape index (κ1) is 13.3. The predicted molar refractivity (Wildman–Crippen MR) is 73.3 cm³/mol. The first-order chi connectivity index (χ1) is 8.15. The van der Waals surface area contributed by atoms with Gasteiger partial charge in [0.15, 0.2) is 0 Å². The van der Waals surface area contributed by atoms with Crippen LogP contribution in [0.5, 0.6) is 0 Å². The van der Waals surface area contributed by atoms with Crippen LogP contribution < -0.4 is 5.32 Å². The van der Waals surface area contributed by atoms with Crippen LogP contribution in [0.25, 0.3) is 0 Å². The van der Waals surface area contributed by atoms with E-state index in [9.17, 15) is 0 Å². The van der Waals surface area contributed by atoms with Crippen molar-refractivity contribution in [2.45, 2.75) is 32.7 Å². The van der Waals surface area contributed by atoms with Gasteiger partial charge in [-0.05, 0) is 38.3 Å². The highest BCUT2D eigenvalue weighted by Gasteiger charge is 2.25. The third-order valence-electron chi connectivity index (χ3n) is 4.33. The SMILES string of the molecule is CC(C)C1CN(CC2CCCN(C)C2)CCN1. The highest BCUT2D eigenvalue weighted by molar-refractivity contribution is 4.83. The topological polar surface area (TPSA) is 18.5 Å². The van der Waals surface area contributed by atoms with E-state index in [1.807, 2.05) is 0 Å². The van der Waals surface area contributed by atoms with Crippen LogP contribution in [0.3, 0.4) is 0 Å². The van der Waals surface area contributed by atoms with Crippen LogP contribution in [-0.4, -0.2) is 62.2 Å². The summed E-state index contributed by atoms with van der Waals surface area (Å²) in [5, 5.41) is 3.64. The van der Waals surface area contributed by atoms with Gasteiger partial charge in [-0.2, -0.15) is 0 Å². The van der Waals surface area contributed by atoms with E-state index in [1.54, 1.807) is 0 Å². The molecule has 0 aromatic carbocycles. The molecule has 2 aliphatic rings. The van der Waals surface area contributed by atoms with E-state index in [1.165, 1.54) is 52.1 Å². The Bertz CT molecular complexity index is 230. The number of nitrogens with zero attached hydrogens (tertiary/aromatic N) is 2. The summed E-state index contributed by atoms with van der Waals surface area (Å²) in [6, 6.07) is 0.699. The third-order valence-corrected chi connectivity index (χ3v) is 4.33. The average molecular weight is 239 g/mol. The highest BCUT2D eigenvalue weighted by atomic mass is 15.2. The summed E-state index contributed by atoms with van der Waals surface area (Å²) in [4.78, 5) is 5.18. The average Bonchev–Trinajstić information content (AvgIpc) is 2.29. The van der Waals surface area contributed by atoms with Crippen molar-refractivity contribution >= 4 is 0 Å². The molecular formula is C14H29N3. The summed E-state index contributed by atoms with van der Waals surface area (Å²) in [7, 11) is 2.26. The minimum absolute atomic E-state index is 0.699. The predicted octanol–water partition coefficient (Wildman–Crippen LogP) is 1.26. The smallest absolute Gasteiger partial charge is 0.0218 e. The molecule has 0 aliphatic carbocycles. The van der Waals surface area contributed by atoms with Crippen molar-refractivity contribution in [2.24, 2.45) is 11.8 Å². The lowest BCUT2D eigenvalue weighted by Gasteiger charge is -2.39. The second-order valence-corrected chi connectivity index (χ2v) is 6.33. The fourth-order valence-electron chi connectivity index (χ4n) is 3.24. The fourth-order valence-corrected chi connectivity index (χ4v) is 3.24. The van der Waals surface area contributed by atoms with Gasteiger partial charge in [0.05, 0.1) is 0 Å². The van der Waals surface area contributed by atoms with Crippen molar-refractivity contribution in [3.63, 3.8) is 0 Å². The first-order valence-corrected chi connectivity index (χ1v) is 7.29. The Labute approximate surface area is 107 Å². The number of piperazine rings is 1. The Morgan fingerprint density at radius 1 is 1.24 bits per heavy atom. The fraction of sp³-hybridized carbons (Fsp3) is 1.00. The minimum Gasteiger partial charge on any atom is -0.311 e. The van der Waals surface area contributed by atoms with Gasteiger partial charge in [-0.1, -0.05) is 13.8 Å². The van der Waals surface area contributed by atoms with Gasteiger partial charge in [0.2, 0.25) is 0 Å². The lowest BCUT2D eigenvalue weighted by atomic mass is 9.96. The number of nitrogens with one attached hydrogen (secondary N) is 1. The van der Waals surface area contributed by atoms with Crippen molar-refractivity contribution in [3.05, 3.63) is 0 Å². The maximum atomic E-state index is 3.64. The van der Waals surface area contributed by atoms with E-state index >= 15 is 0 Å². The highest BCUT2D eigenvalue weighted by Crippen LogP contribution is 2.18. The largest absolute Gasteiger partial charge is 0.311 e. The van der Waals surface area contributed by atoms with Crippen LogP contribution in [0.4, 0.5) is 0 Å². The summed E-state index contributed by atoms with van der Waals surface area (Å²) in [5.74, 6) is 1.66. The molecule has 2 unspecified atom stereocenters. The van der Waals surface area contributed by atoms with Gasteiger partial charge in [0, 0.05) is 38.8 Å². The standard InChI is InChI=1S/C14H29N3/c1-12(2)14-11-17(8-6-15-14)10-13-5-4-7-16(3)9-13/h12-15H,4-11H2,1-3H3. The number of rotatable bonds is 3. The van der Waals surface area contributed by atoms with Crippen molar-refractivity contribution < 1.29 is 0 Å². The van der Waals surface area contributed by atoms with E-state index in [0.717, 1.165) is 11.8 Å². The molecule has 0 saturated carbocycles. The second kappa shape index (κ2) is 6.17. The Morgan fingerprint density at radius 3 is 2.76 bits per heavy atom. The summed E-state index contributed by atoms with van der Waals surface area (Å²) in [5.41, 5.74) is 0. The first-order valence-electron chi connectivity index (χ1n) is 7.29. The number of hydrogen-bond donors (Lipinski definition) is 1. The zero-order valence-corrected chi connectivity index (χ0v) is 11.8. The third kappa shape index (κ3) is 3.94. The van der Waals surface area contributed by atoms with Gasteiger partial charge in [0.25, 0.3) is 0 Å². The van der Waals surface area contributed by atoms with Crippen molar-refractivity contribution in [3.8, 4) is 0 Å². The number of likely N-dealkylation sites (tertiary alicyclic amines) is 1. The van der Waals surface area contributed by atoms with Gasteiger partial charge in [0.1, 0.15) is 0 Å². The summed E-state index contributed by atoms with van der Waals surface area (Å²) < 4.78 is 0. The van der Waals surface area contributed by atoms with Crippen LogP contribution in [0, 0.1) is 11.8 Å². The van der Waals surface area contributed by atoms with E-state index in [0.29, 0.717) is 6.04 Å². The molecule has 17 heavy (non-hydrogen) atoms. The van der Waals surface area contributed by atoms with Crippen LogP contribution in [-0.2, 0) is 0 Å². The molecular weight excluding hydrogens is 210 g/mol. The molecule has 2 aliphatic heterocycles. The van der Waals surface area contributed by atoms with Gasteiger partial charge in [-0.25, -0.2) is 0 Å². The van der Waals surface area contributed by atoms with Crippen molar-refractivity contribution in [2.75, 3.05) is 46.3 Å². The molecule has 0 spiro atoms. The molecule has 0 aromatic heterocycles. The number of hydrogen-bond acceptors (Lipinski definition) is 3. The van der Waals surface area contributed by atoms with E-state index in [2.05, 4.69) is 36.0 Å². The molecule has 3 nitrogen and oxygen atoms in total. The Balaban J connectivity index is 1.78. The Hall–Kier alpha value is -0.120. The molecule has 0 aromatic rings. The molecule has 100 valence electrons. The van der Waals surface area contributed by atoms with Crippen LogP contribution in [0.1, 0.15) is 26.7 Å². The molecule has 2 atom stereocenters. The molecule has 2 fully saturated rings. The van der Waals surface area contributed by atoms with Crippen LogP contribution in [0.2, 0.25) is 0 Å². The lowest BCUT2D eigenvalue weighted by Crippen LogP contribution is -2.54. The molecule has 2 heterocycles. The van der Waals surface area contributed by atoms with Gasteiger partial charge in [-0.15, -0.1) is 0 Å². The van der Waals surface area contributed by atoms with Gasteiger partial charge >= 0.3 is 0 Å². The van der Waals surface area contributed by atoms with Gasteiger partial charge < -0.3 is 15.1 Å².